The molecule has 2 heterocycles. The number of fused-ring (bicyclic) bond motifs is 1. The fraction of sp³-hybridized carbons (Fsp3) is 0. The largest absolute Gasteiger partial charge is 0.478 e. The van der Waals surface area contributed by atoms with Gasteiger partial charge in [-0.15, -0.1) is 0 Å². The fourth-order valence-electron chi connectivity index (χ4n) is 1.72. The first kappa shape index (κ1) is 11.7. The Morgan fingerprint density at radius 2 is 2.11 bits per heavy atom. The number of aromatic carboxylic acids is 1. The van der Waals surface area contributed by atoms with Crippen molar-refractivity contribution in [2.45, 2.75) is 10.1 Å². The standard InChI is InChI=1S/C13H9N3O2S/c17-12(18)8-5-6-14-7-11(8)19-13-15-9-3-1-2-4-10(9)16-13/h1-7H,(H,15,16)(H,17,18). The number of rotatable bonds is 3. The average Bonchev–Trinajstić information content (AvgIpc) is 2.81. The Balaban J connectivity index is 1.99. The van der Waals surface area contributed by atoms with E-state index < -0.39 is 5.97 Å². The molecule has 5 nitrogen and oxygen atoms in total. The van der Waals surface area contributed by atoms with Crippen LogP contribution in [0.2, 0.25) is 0 Å². The minimum atomic E-state index is -0.971. The third-order valence-corrected chi connectivity index (χ3v) is 3.52. The number of aromatic amines is 1. The molecule has 0 saturated heterocycles. The Bertz CT molecular complexity index is 721. The van der Waals surface area contributed by atoms with E-state index in [-0.39, 0.29) is 5.56 Å². The maximum atomic E-state index is 11.1. The molecule has 0 aliphatic heterocycles. The maximum Gasteiger partial charge on any atom is 0.336 e. The Labute approximate surface area is 112 Å². The number of carboxylic acid groups (broad SMARTS) is 1. The zero-order valence-corrected chi connectivity index (χ0v) is 10.5. The summed E-state index contributed by atoms with van der Waals surface area (Å²) in [5.74, 6) is -0.971. The molecule has 0 aliphatic rings. The second-order valence-electron chi connectivity index (χ2n) is 3.84. The Kier molecular flexibility index (Phi) is 2.92. The van der Waals surface area contributed by atoms with E-state index in [4.69, 9.17) is 5.11 Å². The first-order valence-corrected chi connectivity index (χ1v) is 6.35. The molecule has 3 rings (SSSR count). The van der Waals surface area contributed by atoms with Crippen molar-refractivity contribution in [2.75, 3.05) is 0 Å². The second kappa shape index (κ2) is 4.74. The molecule has 0 saturated carbocycles. The number of pyridine rings is 1. The fourth-order valence-corrected chi connectivity index (χ4v) is 2.61. The Morgan fingerprint density at radius 3 is 2.89 bits per heavy atom. The van der Waals surface area contributed by atoms with Gasteiger partial charge in [-0.2, -0.15) is 0 Å². The SMILES string of the molecule is O=C(O)c1ccncc1Sc1nc2ccccc2[nH]1. The van der Waals surface area contributed by atoms with E-state index in [0.717, 1.165) is 11.0 Å². The summed E-state index contributed by atoms with van der Waals surface area (Å²) in [5.41, 5.74) is 2.00. The van der Waals surface area contributed by atoms with Crippen LogP contribution in [0.25, 0.3) is 11.0 Å². The molecule has 0 radical (unpaired) electrons. The zero-order valence-electron chi connectivity index (χ0n) is 9.70. The van der Waals surface area contributed by atoms with Crippen molar-refractivity contribution in [2.24, 2.45) is 0 Å². The number of H-pyrrole nitrogens is 1. The van der Waals surface area contributed by atoms with Crippen LogP contribution in [0.5, 0.6) is 0 Å². The van der Waals surface area contributed by atoms with Gasteiger partial charge >= 0.3 is 5.97 Å². The smallest absolute Gasteiger partial charge is 0.336 e. The molecule has 6 heteroatoms. The lowest BCUT2D eigenvalue weighted by Crippen LogP contribution is -1.99. The van der Waals surface area contributed by atoms with Crippen molar-refractivity contribution in [1.29, 1.82) is 0 Å². The van der Waals surface area contributed by atoms with Crippen LogP contribution in [-0.2, 0) is 0 Å². The van der Waals surface area contributed by atoms with Crippen molar-refractivity contribution in [3.8, 4) is 0 Å². The number of carboxylic acids is 1. The van der Waals surface area contributed by atoms with Gasteiger partial charge in [-0.3, -0.25) is 4.98 Å². The molecule has 0 atom stereocenters. The predicted molar refractivity (Wildman–Crippen MR) is 71.4 cm³/mol. The molecule has 0 aliphatic carbocycles. The molecule has 1 aromatic carbocycles. The van der Waals surface area contributed by atoms with Gasteiger partial charge in [0.25, 0.3) is 0 Å². The van der Waals surface area contributed by atoms with E-state index in [0.29, 0.717) is 10.1 Å². The molecule has 2 N–H and O–H groups in total. The first-order chi connectivity index (χ1) is 9.24. The third kappa shape index (κ3) is 2.30. The molecule has 0 spiro atoms. The average molecular weight is 271 g/mol. The zero-order chi connectivity index (χ0) is 13.2. The normalized spacial score (nSPS) is 10.7. The second-order valence-corrected chi connectivity index (χ2v) is 4.87. The van der Waals surface area contributed by atoms with Gasteiger partial charge in [0.15, 0.2) is 5.16 Å². The van der Waals surface area contributed by atoms with Crippen LogP contribution >= 0.6 is 11.8 Å². The van der Waals surface area contributed by atoms with Gasteiger partial charge in [-0.25, -0.2) is 9.78 Å². The highest BCUT2D eigenvalue weighted by molar-refractivity contribution is 7.99. The van der Waals surface area contributed by atoms with Crippen molar-refractivity contribution in [3.05, 3.63) is 48.3 Å². The summed E-state index contributed by atoms with van der Waals surface area (Å²) in [5, 5.41) is 9.76. The number of nitrogens with zero attached hydrogens (tertiary/aromatic N) is 2. The highest BCUT2D eigenvalue weighted by Crippen LogP contribution is 2.29. The van der Waals surface area contributed by atoms with Crippen LogP contribution in [0, 0.1) is 0 Å². The lowest BCUT2D eigenvalue weighted by molar-refractivity contribution is 0.0693. The van der Waals surface area contributed by atoms with Gasteiger partial charge in [0.2, 0.25) is 0 Å². The quantitative estimate of drug-likeness (QED) is 0.765. The monoisotopic (exact) mass is 271 g/mol. The van der Waals surface area contributed by atoms with E-state index in [1.807, 2.05) is 24.3 Å². The van der Waals surface area contributed by atoms with Crippen LogP contribution < -0.4 is 0 Å². The molecular weight excluding hydrogens is 262 g/mol. The molecule has 0 bridgehead atoms. The number of nitrogens with one attached hydrogen (secondary N) is 1. The number of para-hydroxylation sites is 2. The van der Waals surface area contributed by atoms with Crippen LogP contribution in [0.4, 0.5) is 0 Å². The number of carbonyl (C=O) groups is 1. The summed E-state index contributed by atoms with van der Waals surface area (Å²) >= 11 is 1.26. The summed E-state index contributed by atoms with van der Waals surface area (Å²) in [6.45, 7) is 0. The topological polar surface area (TPSA) is 78.9 Å². The molecule has 0 unspecified atom stereocenters. The molecule has 3 aromatic rings. The van der Waals surface area contributed by atoms with Gasteiger partial charge in [-0.1, -0.05) is 12.1 Å². The maximum absolute atomic E-state index is 11.1. The number of imidazole rings is 1. The van der Waals surface area contributed by atoms with E-state index in [1.54, 1.807) is 0 Å². The van der Waals surface area contributed by atoms with Crippen LogP contribution in [0.1, 0.15) is 10.4 Å². The highest BCUT2D eigenvalue weighted by Gasteiger charge is 2.12. The van der Waals surface area contributed by atoms with E-state index in [1.165, 1.54) is 30.2 Å². The van der Waals surface area contributed by atoms with Gasteiger partial charge < -0.3 is 10.1 Å². The highest BCUT2D eigenvalue weighted by atomic mass is 32.2. The van der Waals surface area contributed by atoms with Crippen molar-refractivity contribution in [3.63, 3.8) is 0 Å². The van der Waals surface area contributed by atoms with E-state index in [9.17, 15) is 4.79 Å². The molecule has 0 fully saturated rings. The van der Waals surface area contributed by atoms with Crippen molar-refractivity contribution >= 4 is 28.8 Å². The number of hydrogen-bond acceptors (Lipinski definition) is 4. The van der Waals surface area contributed by atoms with Crippen LogP contribution in [-0.4, -0.2) is 26.0 Å². The van der Waals surface area contributed by atoms with Crippen LogP contribution in [0.3, 0.4) is 0 Å². The number of aromatic nitrogens is 3. The Hall–Kier alpha value is -2.34. The third-order valence-electron chi connectivity index (χ3n) is 2.59. The summed E-state index contributed by atoms with van der Waals surface area (Å²) in [7, 11) is 0. The minimum Gasteiger partial charge on any atom is -0.478 e. The van der Waals surface area contributed by atoms with Crippen LogP contribution in [0.15, 0.2) is 52.8 Å². The van der Waals surface area contributed by atoms with Gasteiger partial charge in [0.05, 0.1) is 16.6 Å². The van der Waals surface area contributed by atoms with Crippen molar-refractivity contribution in [1.82, 2.24) is 15.0 Å². The predicted octanol–water partition coefficient (Wildman–Crippen LogP) is 2.81. The van der Waals surface area contributed by atoms with Crippen molar-refractivity contribution < 1.29 is 9.90 Å². The molecule has 2 aromatic heterocycles. The van der Waals surface area contributed by atoms with Gasteiger partial charge in [0, 0.05) is 17.3 Å². The molecular formula is C13H9N3O2S. The first-order valence-electron chi connectivity index (χ1n) is 5.54. The summed E-state index contributed by atoms with van der Waals surface area (Å²) in [6, 6.07) is 9.13. The number of hydrogen-bond donors (Lipinski definition) is 2. The summed E-state index contributed by atoms with van der Waals surface area (Å²) in [6.07, 6.45) is 2.99. The lowest BCUT2D eigenvalue weighted by Gasteiger charge is -2.01. The molecule has 94 valence electrons. The molecule has 19 heavy (non-hydrogen) atoms. The summed E-state index contributed by atoms with van der Waals surface area (Å²) in [4.78, 5) is 23.2. The minimum absolute atomic E-state index is 0.223. The lowest BCUT2D eigenvalue weighted by atomic mass is 10.3. The van der Waals surface area contributed by atoms with E-state index in [2.05, 4.69) is 15.0 Å². The number of benzene rings is 1. The Morgan fingerprint density at radius 1 is 1.26 bits per heavy atom. The summed E-state index contributed by atoms with van der Waals surface area (Å²) < 4.78 is 0. The van der Waals surface area contributed by atoms with E-state index >= 15 is 0 Å². The molecule has 0 amide bonds. The van der Waals surface area contributed by atoms with Gasteiger partial charge in [-0.05, 0) is 30.0 Å². The van der Waals surface area contributed by atoms with Gasteiger partial charge in [0.1, 0.15) is 0 Å².